The number of hydrogen-bond donors (Lipinski definition) is 2. The van der Waals surface area contributed by atoms with Gasteiger partial charge in [0.1, 0.15) is 6.10 Å². The fourth-order valence-electron chi connectivity index (χ4n) is 0.950. The standard InChI is InChI=1S/C6H11N3O2/c1-4(11)6-8-7-5(3-10)9(6)2/h3-5,7,11H,1-2H3/t4-,5?/m0/s1. The first-order valence-corrected chi connectivity index (χ1v) is 3.36. The number of aliphatic hydroxyl groups is 1. The van der Waals surface area contributed by atoms with E-state index in [0.717, 1.165) is 6.29 Å². The largest absolute Gasteiger partial charge is 0.385 e. The molecule has 2 N–H and O–H groups in total. The summed E-state index contributed by atoms with van der Waals surface area (Å²) in [5.41, 5.74) is 2.57. The highest BCUT2D eigenvalue weighted by Crippen LogP contribution is 2.03. The van der Waals surface area contributed by atoms with Crippen LogP contribution in [0.3, 0.4) is 0 Å². The molecule has 1 aliphatic heterocycles. The second-order valence-corrected chi connectivity index (χ2v) is 2.47. The summed E-state index contributed by atoms with van der Waals surface area (Å²) >= 11 is 0. The Labute approximate surface area is 64.7 Å². The highest BCUT2D eigenvalue weighted by Gasteiger charge is 2.25. The van der Waals surface area contributed by atoms with Crippen molar-refractivity contribution in [1.82, 2.24) is 10.3 Å². The Hall–Kier alpha value is -1.10. The molecule has 1 unspecified atom stereocenters. The van der Waals surface area contributed by atoms with Gasteiger partial charge < -0.3 is 10.0 Å². The molecule has 0 aromatic heterocycles. The maximum atomic E-state index is 10.3. The lowest BCUT2D eigenvalue weighted by atomic mass is 10.3. The lowest BCUT2D eigenvalue weighted by Gasteiger charge is -2.18. The van der Waals surface area contributed by atoms with Crippen molar-refractivity contribution in [3.63, 3.8) is 0 Å². The number of carbonyl (C=O) groups is 1. The smallest absolute Gasteiger partial charge is 0.172 e. The fraction of sp³-hybridized carbons (Fsp3) is 0.667. The van der Waals surface area contributed by atoms with Crippen LogP contribution in [0.1, 0.15) is 6.92 Å². The van der Waals surface area contributed by atoms with E-state index in [9.17, 15) is 4.79 Å². The molecule has 5 heteroatoms. The van der Waals surface area contributed by atoms with E-state index in [4.69, 9.17) is 5.11 Å². The number of nitrogens with zero attached hydrogens (tertiary/aromatic N) is 2. The van der Waals surface area contributed by atoms with Crippen LogP contribution >= 0.6 is 0 Å². The van der Waals surface area contributed by atoms with E-state index in [-0.39, 0.29) is 0 Å². The topological polar surface area (TPSA) is 64.9 Å². The van der Waals surface area contributed by atoms with Crippen molar-refractivity contribution in [1.29, 1.82) is 0 Å². The molecule has 0 aliphatic carbocycles. The van der Waals surface area contributed by atoms with Crippen LogP contribution in [0.5, 0.6) is 0 Å². The Morgan fingerprint density at radius 1 is 1.91 bits per heavy atom. The van der Waals surface area contributed by atoms with E-state index in [1.54, 1.807) is 18.9 Å². The van der Waals surface area contributed by atoms with Gasteiger partial charge in [-0.05, 0) is 6.92 Å². The van der Waals surface area contributed by atoms with Gasteiger partial charge in [0.15, 0.2) is 18.3 Å². The molecule has 2 atom stereocenters. The number of hydrogen-bond acceptors (Lipinski definition) is 5. The Bertz CT molecular complexity index is 190. The molecule has 0 amide bonds. The van der Waals surface area contributed by atoms with Gasteiger partial charge in [-0.25, -0.2) is 0 Å². The summed E-state index contributed by atoms with van der Waals surface area (Å²) in [6.07, 6.45) is -0.337. The minimum Gasteiger partial charge on any atom is -0.385 e. The lowest BCUT2D eigenvalue weighted by Crippen LogP contribution is -2.41. The van der Waals surface area contributed by atoms with Crippen molar-refractivity contribution in [2.45, 2.75) is 19.2 Å². The van der Waals surface area contributed by atoms with Crippen LogP contribution in [-0.4, -0.2) is 41.4 Å². The third kappa shape index (κ3) is 1.32. The summed E-state index contributed by atoms with van der Waals surface area (Å²) in [4.78, 5) is 11.9. The molecular weight excluding hydrogens is 146 g/mol. The van der Waals surface area contributed by atoms with Crippen LogP contribution in [0.15, 0.2) is 5.10 Å². The maximum absolute atomic E-state index is 10.3. The molecular formula is C6H11N3O2. The number of nitrogens with one attached hydrogen (secondary N) is 1. The van der Waals surface area contributed by atoms with Crippen LogP contribution in [0.2, 0.25) is 0 Å². The Morgan fingerprint density at radius 2 is 2.55 bits per heavy atom. The molecule has 62 valence electrons. The minimum atomic E-state index is -0.641. The second kappa shape index (κ2) is 2.87. The van der Waals surface area contributed by atoms with Crippen LogP contribution in [0.4, 0.5) is 0 Å². The number of hydrazone groups is 1. The summed E-state index contributed by atoms with van der Waals surface area (Å²) in [6, 6.07) is 0. The average Bonchev–Trinajstić information content (AvgIpc) is 2.30. The average molecular weight is 157 g/mol. The summed E-state index contributed by atoms with van der Waals surface area (Å²) < 4.78 is 0. The van der Waals surface area contributed by atoms with E-state index in [1.165, 1.54) is 0 Å². The van der Waals surface area contributed by atoms with Crippen LogP contribution in [-0.2, 0) is 4.79 Å². The molecule has 11 heavy (non-hydrogen) atoms. The summed E-state index contributed by atoms with van der Waals surface area (Å²) in [5, 5.41) is 12.9. The maximum Gasteiger partial charge on any atom is 0.172 e. The van der Waals surface area contributed by atoms with Gasteiger partial charge in [0.05, 0.1) is 0 Å². The Morgan fingerprint density at radius 3 is 2.82 bits per heavy atom. The van der Waals surface area contributed by atoms with Gasteiger partial charge in [0, 0.05) is 7.05 Å². The quantitative estimate of drug-likeness (QED) is 0.491. The van der Waals surface area contributed by atoms with E-state index in [0.29, 0.717) is 5.84 Å². The summed E-state index contributed by atoms with van der Waals surface area (Å²) in [7, 11) is 1.70. The zero-order valence-corrected chi connectivity index (χ0v) is 6.48. The number of carbonyl (C=O) groups excluding carboxylic acids is 1. The molecule has 5 nitrogen and oxygen atoms in total. The number of aldehydes is 1. The molecule has 0 aromatic carbocycles. The molecule has 1 aliphatic rings. The van der Waals surface area contributed by atoms with Gasteiger partial charge in [-0.1, -0.05) is 0 Å². The van der Waals surface area contributed by atoms with Crippen molar-refractivity contribution in [3.8, 4) is 0 Å². The highest BCUT2D eigenvalue weighted by molar-refractivity contribution is 5.89. The zero-order chi connectivity index (χ0) is 8.43. The predicted molar refractivity (Wildman–Crippen MR) is 39.9 cm³/mol. The van der Waals surface area contributed by atoms with Crippen molar-refractivity contribution < 1.29 is 9.90 Å². The fourth-order valence-corrected chi connectivity index (χ4v) is 0.950. The van der Waals surface area contributed by atoms with Crippen molar-refractivity contribution in [2.24, 2.45) is 5.10 Å². The van der Waals surface area contributed by atoms with Gasteiger partial charge in [-0.3, -0.25) is 10.2 Å². The first-order valence-electron chi connectivity index (χ1n) is 3.36. The van der Waals surface area contributed by atoms with Gasteiger partial charge in [-0.15, -0.1) is 0 Å². The molecule has 0 fully saturated rings. The Kier molecular flexibility index (Phi) is 2.09. The van der Waals surface area contributed by atoms with Gasteiger partial charge >= 0.3 is 0 Å². The Balaban J connectivity index is 2.66. The number of likely N-dealkylation sites (N-methyl/N-ethyl adjacent to an activating group) is 1. The van der Waals surface area contributed by atoms with E-state index >= 15 is 0 Å². The minimum absolute atomic E-state index is 0.431. The molecule has 0 saturated heterocycles. The third-order valence-electron chi connectivity index (χ3n) is 1.59. The van der Waals surface area contributed by atoms with Crippen molar-refractivity contribution in [2.75, 3.05) is 7.05 Å². The molecule has 0 spiro atoms. The second-order valence-electron chi connectivity index (χ2n) is 2.47. The van der Waals surface area contributed by atoms with Gasteiger partial charge in [0.2, 0.25) is 0 Å². The van der Waals surface area contributed by atoms with Crippen molar-refractivity contribution in [3.05, 3.63) is 0 Å². The number of rotatable bonds is 2. The number of aliphatic hydroxyl groups excluding tert-OH is 1. The molecule has 0 bridgehead atoms. The van der Waals surface area contributed by atoms with Crippen LogP contribution in [0.25, 0.3) is 0 Å². The first kappa shape index (κ1) is 8.00. The zero-order valence-electron chi connectivity index (χ0n) is 6.48. The normalized spacial score (nSPS) is 25.9. The molecule has 0 aromatic rings. The summed E-state index contributed by atoms with van der Waals surface area (Å²) in [5.74, 6) is 0.488. The van der Waals surface area contributed by atoms with E-state index < -0.39 is 12.3 Å². The molecule has 0 saturated carbocycles. The monoisotopic (exact) mass is 157 g/mol. The number of amidine groups is 1. The SMILES string of the molecule is C[C@H](O)C1=NNC(C=O)N1C. The van der Waals surface area contributed by atoms with E-state index in [2.05, 4.69) is 10.5 Å². The van der Waals surface area contributed by atoms with Gasteiger partial charge in [-0.2, -0.15) is 5.10 Å². The highest BCUT2D eigenvalue weighted by atomic mass is 16.3. The third-order valence-corrected chi connectivity index (χ3v) is 1.59. The van der Waals surface area contributed by atoms with Crippen LogP contribution in [0, 0.1) is 0 Å². The molecule has 0 radical (unpaired) electrons. The molecule has 1 rings (SSSR count). The van der Waals surface area contributed by atoms with Crippen molar-refractivity contribution >= 4 is 12.1 Å². The lowest BCUT2D eigenvalue weighted by molar-refractivity contribution is -0.111. The molecule has 1 heterocycles. The van der Waals surface area contributed by atoms with Gasteiger partial charge in [0.25, 0.3) is 0 Å². The van der Waals surface area contributed by atoms with Crippen LogP contribution < -0.4 is 5.43 Å². The predicted octanol–water partition coefficient (Wildman–Crippen LogP) is -1.26. The van der Waals surface area contributed by atoms with E-state index in [1.807, 2.05) is 0 Å². The summed E-state index contributed by atoms with van der Waals surface area (Å²) in [6.45, 7) is 1.60. The first-order chi connectivity index (χ1) is 5.16.